The first kappa shape index (κ1) is 18.2. The molecule has 1 amide bonds. The van der Waals surface area contributed by atoms with Gasteiger partial charge in [-0.15, -0.1) is 5.10 Å². The van der Waals surface area contributed by atoms with Crippen molar-refractivity contribution >= 4 is 27.3 Å². The van der Waals surface area contributed by atoms with Crippen LogP contribution in [0.2, 0.25) is 0 Å². The van der Waals surface area contributed by atoms with Crippen LogP contribution in [0.3, 0.4) is 0 Å². The van der Waals surface area contributed by atoms with E-state index in [4.69, 9.17) is 0 Å². The third kappa shape index (κ3) is 3.61. The summed E-state index contributed by atoms with van der Waals surface area (Å²) in [5, 5.41) is 8.77. The van der Waals surface area contributed by atoms with Gasteiger partial charge in [0, 0.05) is 31.8 Å². The Balaban J connectivity index is 1.54. The molecule has 0 fully saturated rings. The monoisotopic (exact) mass is 391 g/mol. The largest absolute Gasteiger partial charge is 0.356 e. The number of anilines is 1. The molecule has 2 aromatic heterocycles. The SMILES string of the molecule is Cc1ccccc1CNc1nn2cc(-c3cccc(C(=O)N(C)C)c3)nc2s1. The second-order valence-electron chi connectivity index (χ2n) is 6.82. The third-order valence-corrected chi connectivity index (χ3v) is 5.43. The molecule has 28 heavy (non-hydrogen) atoms. The second-order valence-corrected chi connectivity index (χ2v) is 7.78. The number of imidazole rings is 1. The van der Waals surface area contributed by atoms with Crippen molar-refractivity contribution < 1.29 is 4.79 Å². The first-order valence-corrected chi connectivity index (χ1v) is 9.79. The van der Waals surface area contributed by atoms with E-state index in [1.807, 2.05) is 42.6 Å². The van der Waals surface area contributed by atoms with Crippen LogP contribution in [-0.4, -0.2) is 39.5 Å². The van der Waals surface area contributed by atoms with Crippen LogP contribution < -0.4 is 5.32 Å². The number of benzene rings is 2. The Labute approximate surface area is 167 Å². The highest BCUT2D eigenvalue weighted by atomic mass is 32.1. The summed E-state index contributed by atoms with van der Waals surface area (Å²) in [7, 11) is 3.49. The van der Waals surface area contributed by atoms with Crippen LogP contribution in [0.4, 0.5) is 5.13 Å². The van der Waals surface area contributed by atoms with Crippen LogP contribution in [0.5, 0.6) is 0 Å². The highest BCUT2D eigenvalue weighted by Gasteiger charge is 2.13. The number of rotatable bonds is 5. The Kier molecular flexibility index (Phi) is 4.83. The number of hydrogen-bond donors (Lipinski definition) is 1. The summed E-state index contributed by atoms with van der Waals surface area (Å²) >= 11 is 1.51. The Morgan fingerprint density at radius 1 is 1.18 bits per heavy atom. The van der Waals surface area contributed by atoms with Crippen LogP contribution in [0, 0.1) is 6.92 Å². The molecule has 2 heterocycles. The van der Waals surface area contributed by atoms with Crippen molar-refractivity contribution in [2.45, 2.75) is 13.5 Å². The molecule has 1 N–H and O–H groups in total. The van der Waals surface area contributed by atoms with E-state index in [-0.39, 0.29) is 5.91 Å². The summed E-state index contributed by atoms with van der Waals surface area (Å²) in [6.45, 7) is 2.83. The number of carbonyl (C=O) groups is 1. The fourth-order valence-corrected chi connectivity index (χ4v) is 3.74. The molecule has 0 radical (unpaired) electrons. The number of nitrogens with zero attached hydrogens (tertiary/aromatic N) is 4. The van der Waals surface area contributed by atoms with Crippen molar-refractivity contribution in [2.75, 3.05) is 19.4 Å². The van der Waals surface area contributed by atoms with Gasteiger partial charge in [-0.25, -0.2) is 9.50 Å². The number of aryl methyl sites for hydroxylation is 1. The molecule has 7 heteroatoms. The summed E-state index contributed by atoms with van der Waals surface area (Å²) in [5.74, 6) is -0.0244. The summed E-state index contributed by atoms with van der Waals surface area (Å²) in [5.41, 5.74) is 4.86. The minimum atomic E-state index is -0.0244. The van der Waals surface area contributed by atoms with Crippen molar-refractivity contribution in [3.63, 3.8) is 0 Å². The van der Waals surface area contributed by atoms with Crippen molar-refractivity contribution in [1.82, 2.24) is 19.5 Å². The predicted molar refractivity (Wildman–Crippen MR) is 113 cm³/mol. The second kappa shape index (κ2) is 7.44. The number of fused-ring (bicyclic) bond motifs is 1. The highest BCUT2D eigenvalue weighted by Crippen LogP contribution is 2.25. The molecule has 0 spiro atoms. The molecule has 0 atom stereocenters. The fraction of sp³-hybridized carbons (Fsp3) is 0.190. The standard InChI is InChI=1S/C21H21N5OS/c1-14-7-4-5-8-17(14)12-22-20-24-26-13-18(23-21(26)28-20)15-9-6-10-16(11-15)19(27)25(2)3/h4-11,13H,12H2,1-3H3,(H,22,24). The van der Waals surface area contributed by atoms with Crippen molar-refractivity contribution in [2.24, 2.45) is 0 Å². The van der Waals surface area contributed by atoms with Gasteiger partial charge in [0.25, 0.3) is 5.91 Å². The number of carbonyl (C=O) groups excluding carboxylic acids is 1. The first-order chi connectivity index (χ1) is 13.5. The first-order valence-electron chi connectivity index (χ1n) is 8.98. The van der Waals surface area contributed by atoms with E-state index in [0.29, 0.717) is 5.56 Å². The lowest BCUT2D eigenvalue weighted by molar-refractivity contribution is 0.0827. The van der Waals surface area contributed by atoms with E-state index >= 15 is 0 Å². The Morgan fingerprint density at radius 2 is 2.00 bits per heavy atom. The van der Waals surface area contributed by atoms with E-state index in [1.165, 1.54) is 22.5 Å². The summed E-state index contributed by atoms with van der Waals surface area (Å²) in [6, 6.07) is 15.8. The molecule has 0 aliphatic heterocycles. The number of amides is 1. The van der Waals surface area contributed by atoms with E-state index in [1.54, 1.807) is 23.5 Å². The molecule has 2 aromatic carbocycles. The van der Waals surface area contributed by atoms with E-state index in [2.05, 4.69) is 34.5 Å². The molecule has 4 aromatic rings. The molecule has 0 bridgehead atoms. The van der Waals surface area contributed by atoms with Gasteiger partial charge >= 0.3 is 0 Å². The van der Waals surface area contributed by atoms with Crippen molar-refractivity contribution in [3.8, 4) is 11.3 Å². The van der Waals surface area contributed by atoms with Crippen molar-refractivity contribution in [1.29, 1.82) is 0 Å². The molecule has 0 saturated heterocycles. The number of hydrogen-bond acceptors (Lipinski definition) is 5. The lowest BCUT2D eigenvalue weighted by Gasteiger charge is -2.10. The number of nitrogens with one attached hydrogen (secondary N) is 1. The van der Waals surface area contributed by atoms with Gasteiger partial charge in [-0.3, -0.25) is 4.79 Å². The van der Waals surface area contributed by atoms with Gasteiger partial charge in [-0.2, -0.15) is 0 Å². The smallest absolute Gasteiger partial charge is 0.253 e. The minimum absolute atomic E-state index is 0.0244. The van der Waals surface area contributed by atoms with Gasteiger partial charge in [0.05, 0.1) is 11.9 Å². The topological polar surface area (TPSA) is 62.5 Å². The minimum Gasteiger partial charge on any atom is -0.356 e. The third-order valence-electron chi connectivity index (χ3n) is 4.55. The Bertz CT molecular complexity index is 1110. The molecule has 0 saturated carbocycles. The van der Waals surface area contributed by atoms with Gasteiger partial charge in [0.2, 0.25) is 10.1 Å². The zero-order chi connectivity index (χ0) is 19.7. The Hall–Kier alpha value is -3.19. The average Bonchev–Trinajstić information content (AvgIpc) is 3.25. The van der Waals surface area contributed by atoms with Gasteiger partial charge < -0.3 is 10.2 Å². The molecule has 4 rings (SSSR count). The van der Waals surface area contributed by atoms with Gasteiger partial charge in [-0.1, -0.05) is 47.7 Å². The summed E-state index contributed by atoms with van der Waals surface area (Å²) in [6.07, 6.45) is 1.89. The molecular weight excluding hydrogens is 370 g/mol. The van der Waals surface area contributed by atoms with E-state index in [0.717, 1.165) is 27.9 Å². The maximum Gasteiger partial charge on any atom is 0.253 e. The van der Waals surface area contributed by atoms with Crippen molar-refractivity contribution in [3.05, 3.63) is 71.4 Å². The molecule has 0 unspecified atom stereocenters. The molecule has 6 nitrogen and oxygen atoms in total. The fourth-order valence-electron chi connectivity index (χ4n) is 2.96. The van der Waals surface area contributed by atoms with Gasteiger partial charge in [0.1, 0.15) is 0 Å². The van der Waals surface area contributed by atoms with E-state index in [9.17, 15) is 4.79 Å². The number of aromatic nitrogens is 3. The predicted octanol–water partition coefficient (Wildman–Crippen LogP) is 4.08. The molecule has 142 valence electrons. The highest BCUT2D eigenvalue weighted by molar-refractivity contribution is 7.20. The lowest BCUT2D eigenvalue weighted by atomic mass is 10.1. The molecule has 0 aliphatic carbocycles. The maximum absolute atomic E-state index is 12.2. The van der Waals surface area contributed by atoms with Crippen LogP contribution in [0.25, 0.3) is 16.2 Å². The molecule has 0 aliphatic rings. The quantitative estimate of drug-likeness (QED) is 0.557. The zero-order valence-corrected chi connectivity index (χ0v) is 16.8. The van der Waals surface area contributed by atoms with Crippen LogP contribution >= 0.6 is 11.3 Å². The van der Waals surface area contributed by atoms with Crippen LogP contribution in [0.15, 0.2) is 54.7 Å². The Morgan fingerprint density at radius 3 is 2.75 bits per heavy atom. The van der Waals surface area contributed by atoms with E-state index < -0.39 is 0 Å². The summed E-state index contributed by atoms with van der Waals surface area (Å²) in [4.78, 5) is 19.2. The van der Waals surface area contributed by atoms with Crippen LogP contribution in [0.1, 0.15) is 21.5 Å². The summed E-state index contributed by atoms with van der Waals surface area (Å²) < 4.78 is 1.78. The lowest BCUT2D eigenvalue weighted by Crippen LogP contribution is -2.21. The zero-order valence-electron chi connectivity index (χ0n) is 16.0. The molecular formula is C21H21N5OS. The van der Waals surface area contributed by atoms with Crippen LogP contribution in [-0.2, 0) is 6.54 Å². The van der Waals surface area contributed by atoms with Gasteiger partial charge in [0.15, 0.2) is 0 Å². The van der Waals surface area contributed by atoms with Gasteiger partial charge in [-0.05, 0) is 30.2 Å². The maximum atomic E-state index is 12.2. The average molecular weight is 392 g/mol. The normalized spacial score (nSPS) is 11.0.